The Morgan fingerprint density at radius 3 is 2.76 bits per heavy atom. The molecule has 0 aliphatic heterocycles. The van der Waals surface area contributed by atoms with Crippen molar-refractivity contribution in [3.8, 4) is 0 Å². The summed E-state index contributed by atoms with van der Waals surface area (Å²) in [5.74, 6) is 0.727. The number of nitrogens with one attached hydrogen (secondary N) is 1. The van der Waals surface area contributed by atoms with Crippen LogP contribution < -0.4 is 16.8 Å². The maximum Gasteiger partial charge on any atom is 0.159 e. The highest BCUT2D eigenvalue weighted by Gasteiger charge is 2.07. The maximum absolute atomic E-state index is 6.02. The Bertz CT molecular complexity index is 506. The predicted molar refractivity (Wildman–Crippen MR) is 70.3 cm³/mol. The summed E-state index contributed by atoms with van der Waals surface area (Å²) in [6.45, 7) is 1.91. The Balaban J connectivity index is 2.38. The van der Waals surface area contributed by atoms with Crippen molar-refractivity contribution in [3.05, 3.63) is 35.1 Å². The number of anilines is 4. The molecule has 1 heterocycles. The number of nitrogens with two attached hydrogens (primary N) is 2. The summed E-state index contributed by atoms with van der Waals surface area (Å²) >= 11 is 6.02. The molecule has 2 aromatic rings. The average Bonchev–Trinajstić information content (AvgIpc) is 2.31. The lowest BCUT2D eigenvalue weighted by Gasteiger charge is -2.11. The summed E-state index contributed by atoms with van der Waals surface area (Å²) in [6, 6.07) is 5.55. The smallest absolute Gasteiger partial charge is 0.159 e. The molecule has 0 saturated heterocycles. The van der Waals surface area contributed by atoms with Gasteiger partial charge in [0.05, 0.1) is 0 Å². The number of benzene rings is 1. The van der Waals surface area contributed by atoms with E-state index in [-0.39, 0.29) is 5.82 Å². The van der Waals surface area contributed by atoms with Gasteiger partial charge in [-0.15, -0.1) is 0 Å². The highest BCUT2D eigenvalue weighted by molar-refractivity contribution is 6.31. The minimum Gasteiger partial charge on any atom is -0.393 e. The van der Waals surface area contributed by atoms with Gasteiger partial charge >= 0.3 is 0 Å². The van der Waals surface area contributed by atoms with E-state index in [0.29, 0.717) is 16.5 Å². The summed E-state index contributed by atoms with van der Waals surface area (Å²) in [4.78, 5) is 7.83. The quantitative estimate of drug-likeness (QED) is 0.760. The third kappa shape index (κ3) is 2.24. The molecule has 0 fully saturated rings. The van der Waals surface area contributed by atoms with E-state index in [1.54, 1.807) is 0 Å². The molecule has 1 aromatic carbocycles. The predicted octanol–water partition coefficient (Wildman–Crippen LogP) is 2.35. The molecule has 1 aromatic heterocycles. The van der Waals surface area contributed by atoms with E-state index in [2.05, 4.69) is 15.3 Å². The fraction of sp³-hybridized carbons (Fsp3) is 0.0909. The number of hydrogen-bond donors (Lipinski definition) is 3. The lowest BCUT2D eigenvalue weighted by molar-refractivity contribution is 1.18. The van der Waals surface area contributed by atoms with Gasteiger partial charge in [0.1, 0.15) is 12.0 Å². The molecule has 6 heteroatoms. The van der Waals surface area contributed by atoms with E-state index in [1.165, 1.54) is 6.33 Å². The lowest BCUT2D eigenvalue weighted by atomic mass is 10.2. The Morgan fingerprint density at radius 1 is 1.24 bits per heavy atom. The zero-order valence-corrected chi connectivity index (χ0v) is 9.99. The van der Waals surface area contributed by atoms with Gasteiger partial charge < -0.3 is 16.8 Å². The second-order valence-corrected chi connectivity index (χ2v) is 3.97. The van der Waals surface area contributed by atoms with Crippen LogP contribution in [0.1, 0.15) is 5.56 Å². The van der Waals surface area contributed by atoms with Crippen LogP contribution in [0.2, 0.25) is 5.02 Å². The Hall–Kier alpha value is -2.01. The summed E-state index contributed by atoms with van der Waals surface area (Å²) in [6.07, 6.45) is 1.36. The van der Waals surface area contributed by atoms with Crippen molar-refractivity contribution in [2.24, 2.45) is 0 Å². The van der Waals surface area contributed by atoms with Gasteiger partial charge in [0, 0.05) is 10.7 Å². The molecule has 0 unspecified atom stereocenters. The van der Waals surface area contributed by atoms with Gasteiger partial charge in [-0.05, 0) is 24.6 Å². The van der Waals surface area contributed by atoms with E-state index < -0.39 is 0 Å². The van der Waals surface area contributed by atoms with E-state index >= 15 is 0 Å². The molecule has 0 radical (unpaired) electrons. The summed E-state index contributed by atoms with van der Waals surface area (Å²) < 4.78 is 0. The van der Waals surface area contributed by atoms with Crippen molar-refractivity contribution in [1.29, 1.82) is 0 Å². The Kier molecular flexibility index (Phi) is 3.01. The molecular formula is C11H12ClN5. The van der Waals surface area contributed by atoms with Gasteiger partial charge in [-0.3, -0.25) is 0 Å². The fourth-order valence-corrected chi connectivity index (χ4v) is 1.55. The summed E-state index contributed by atoms with van der Waals surface area (Å²) in [5.41, 5.74) is 13.5. The second-order valence-electron chi connectivity index (χ2n) is 3.56. The normalized spacial score (nSPS) is 10.2. The highest BCUT2D eigenvalue weighted by Crippen LogP contribution is 2.28. The van der Waals surface area contributed by atoms with Crippen LogP contribution in [0, 0.1) is 6.92 Å². The van der Waals surface area contributed by atoms with Crippen LogP contribution in [0.15, 0.2) is 24.5 Å². The fourth-order valence-electron chi connectivity index (χ4n) is 1.38. The second kappa shape index (κ2) is 4.47. The van der Waals surface area contributed by atoms with Crippen molar-refractivity contribution >= 4 is 34.6 Å². The maximum atomic E-state index is 6.02. The van der Waals surface area contributed by atoms with E-state index in [4.69, 9.17) is 23.1 Å². The van der Waals surface area contributed by atoms with Crippen LogP contribution in [-0.2, 0) is 0 Å². The zero-order chi connectivity index (χ0) is 12.4. The van der Waals surface area contributed by atoms with Crippen molar-refractivity contribution in [2.75, 3.05) is 16.8 Å². The molecule has 2 rings (SSSR count). The lowest BCUT2D eigenvalue weighted by Crippen LogP contribution is -2.05. The van der Waals surface area contributed by atoms with Crippen LogP contribution >= 0.6 is 11.6 Å². The number of aromatic nitrogens is 2. The highest BCUT2D eigenvalue weighted by atomic mass is 35.5. The SMILES string of the molecule is Cc1c(Cl)cccc1Nc1ncnc(N)c1N. The van der Waals surface area contributed by atoms with Gasteiger partial charge in [0.15, 0.2) is 11.6 Å². The average molecular weight is 250 g/mol. The topological polar surface area (TPSA) is 89.8 Å². The molecule has 17 heavy (non-hydrogen) atoms. The molecule has 0 atom stereocenters. The van der Waals surface area contributed by atoms with Gasteiger partial charge in [-0.1, -0.05) is 17.7 Å². The number of halogens is 1. The first-order chi connectivity index (χ1) is 8.09. The van der Waals surface area contributed by atoms with Crippen molar-refractivity contribution < 1.29 is 0 Å². The minimum atomic E-state index is 0.252. The third-order valence-electron chi connectivity index (χ3n) is 2.44. The first-order valence-electron chi connectivity index (χ1n) is 4.97. The van der Waals surface area contributed by atoms with Gasteiger partial charge in [0.25, 0.3) is 0 Å². The standard InChI is InChI=1S/C11H12ClN5/c1-6-7(12)3-2-4-8(6)17-11-9(13)10(14)15-5-16-11/h2-5H,13H2,1H3,(H3,14,15,16,17). The van der Waals surface area contributed by atoms with E-state index in [9.17, 15) is 0 Å². The van der Waals surface area contributed by atoms with Crippen LogP contribution in [-0.4, -0.2) is 9.97 Å². The molecule has 0 bridgehead atoms. The van der Waals surface area contributed by atoms with E-state index in [0.717, 1.165) is 11.3 Å². The summed E-state index contributed by atoms with van der Waals surface area (Å²) in [7, 11) is 0. The molecule has 0 aliphatic carbocycles. The van der Waals surface area contributed by atoms with Crippen molar-refractivity contribution in [1.82, 2.24) is 9.97 Å². The Morgan fingerprint density at radius 2 is 2.00 bits per heavy atom. The molecule has 5 N–H and O–H groups in total. The largest absolute Gasteiger partial charge is 0.393 e. The van der Waals surface area contributed by atoms with Crippen LogP contribution in [0.4, 0.5) is 23.0 Å². The molecule has 5 nitrogen and oxygen atoms in total. The summed E-state index contributed by atoms with van der Waals surface area (Å²) in [5, 5.41) is 3.76. The first-order valence-corrected chi connectivity index (χ1v) is 5.35. The van der Waals surface area contributed by atoms with Crippen LogP contribution in [0.5, 0.6) is 0 Å². The molecule has 0 aliphatic rings. The molecule has 0 amide bonds. The van der Waals surface area contributed by atoms with Gasteiger partial charge in [-0.2, -0.15) is 0 Å². The minimum absolute atomic E-state index is 0.252. The van der Waals surface area contributed by atoms with Gasteiger partial charge in [-0.25, -0.2) is 9.97 Å². The van der Waals surface area contributed by atoms with Gasteiger partial charge in [0.2, 0.25) is 0 Å². The monoisotopic (exact) mass is 249 g/mol. The Labute approximate surface area is 104 Å². The first kappa shape index (κ1) is 11.5. The number of hydrogen-bond acceptors (Lipinski definition) is 5. The molecular weight excluding hydrogens is 238 g/mol. The zero-order valence-electron chi connectivity index (χ0n) is 9.24. The number of nitrogen functional groups attached to an aromatic ring is 2. The van der Waals surface area contributed by atoms with Crippen LogP contribution in [0.3, 0.4) is 0 Å². The molecule has 0 spiro atoms. The number of rotatable bonds is 2. The van der Waals surface area contributed by atoms with Crippen molar-refractivity contribution in [3.63, 3.8) is 0 Å². The van der Waals surface area contributed by atoms with Crippen molar-refractivity contribution in [2.45, 2.75) is 6.92 Å². The molecule has 88 valence electrons. The van der Waals surface area contributed by atoms with E-state index in [1.807, 2.05) is 25.1 Å². The number of nitrogens with zero attached hydrogens (tertiary/aromatic N) is 2. The third-order valence-corrected chi connectivity index (χ3v) is 2.84. The molecule has 0 saturated carbocycles. The van der Waals surface area contributed by atoms with Crippen LogP contribution in [0.25, 0.3) is 0 Å².